The lowest BCUT2D eigenvalue weighted by molar-refractivity contribution is -0.133. The minimum Gasteiger partial charge on any atom is -0.371 e. The summed E-state index contributed by atoms with van der Waals surface area (Å²) in [6.07, 6.45) is 14.9. The Morgan fingerprint density at radius 1 is 0.933 bits per heavy atom. The number of nitrogens with one attached hydrogen (secondary N) is 1. The van der Waals surface area contributed by atoms with E-state index in [1.165, 1.54) is 54.5 Å². The molecule has 0 spiro atoms. The molecule has 1 aromatic carbocycles. The number of hydrogen-bond acceptors (Lipinski definition) is 2. The summed E-state index contributed by atoms with van der Waals surface area (Å²) in [4.78, 5) is 20.6. The average Bonchev–Trinajstić information content (AvgIpc) is 3.45. The van der Waals surface area contributed by atoms with Gasteiger partial charge in [0.25, 0.3) is 0 Å². The van der Waals surface area contributed by atoms with Crippen LogP contribution in [0, 0.1) is 11.8 Å². The van der Waals surface area contributed by atoms with Gasteiger partial charge in [0.15, 0.2) is 0 Å². The Balaban J connectivity index is 1.13. The van der Waals surface area contributed by atoms with Gasteiger partial charge in [-0.3, -0.25) is 4.79 Å². The number of likely N-dealkylation sites (tertiary alicyclic amines) is 1. The highest BCUT2D eigenvalue weighted by molar-refractivity contribution is 5.76. The molecule has 1 N–H and O–H groups in total. The molecule has 2 fully saturated rings. The minimum absolute atomic E-state index is 0.421. The number of aromatic amines is 1. The molecule has 0 bridgehead atoms. The number of fused-ring (bicyclic) bond motifs is 1. The number of benzene rings is 1. The minimum atomic E-state index is 0.421. The van der Waals surface area contributed by atoms with E-state index in [4.69, 9.17) is 0 Å². The molecule has 3 aliphatic rings. The number of piperidine rings is 1. The van der Waals surface area contributed by atoms with Gasteiger partial charge in [0.05, 0.1) is 0 Å². The fourth-order valence-electron chi connectivity index (χ4n) is 5.79. The van der Waals surface area contributed by atoms with Crippen molar-refractivity contribution in [3.8, 4) is 11.1 Å². The molecule has 1 amide bonds. The quantitative estimate of drug-likeness (QED) is 0.738. The molecule has 4 nitrogen and oxygen atoms in total. The lowest BCUT2D eigenvalue weighted by Gasteiger charge is -2.35. The van der Waals surface area contributed by atoms with E-state index in [2.05, 4.69) is 45.2 Å². The van der Waals surface area contributed by atoms with Crippen LogP contribution in [0.3, 0.4) is 0 Å². The van der Waals surface area contributed by atoms with Crippen LogP contribution < -0.4 is 4.90 Å². The number of anilines is 1. The highest BCUT2D eigenvalue weighted by atomic mass is 16.2. The Morgan fingerprint density at radius 2 is 1.77 bits per heavy atom. The fraction of sp³-hybridized carbons (Fsp3) is 0.577. The maximum Gasteiger partial charge on any atom is 0.222 e. The summed E-state index contributed by atoms with van der Waals surface area (Å²) in [5.74, 6) is 1.78. The van der Waals surface area contributed by atoms with Crippen molar-refractivity contribution < 1.29 is 4.79 Å². The number of carbonyl (C=O) groups excluding carboxylic acids is 1. The van der Waals surface area contributed by atoms with E-state index in [1.54, 1.807) is 0 Å². The van der Waals surface area contributed by atoms with Gasteiger partial charge in [-0.1, -0.05) is 25.3 Å². The molecule has 4 heteroatoms. The van der Waals surface area contributed by atoms with Crippen LogP contribution in [-0.2, 0) is 11.2 Å². The maximum absolute atomic E-state index is 12.7. The molecular weight excluding hydrogens is 370 g/mol. The topological polar surface area (TPSA) is 39.3 Å². The van der Waals surface area contributed by atoms with E-state index in [0.717, 1.165) is 51.9 Å². The maximum atomic E-state index is 12.7. The first kappa shape index (κ1) is 19.7. The molecule has 1 saturated heterocycles. The third-order valence-electron chi connectivity index (χ3n) is 7.64. The summed E-state index contributed by atoms with van der Waals surface area (Å²) in [5.41, 5.74) is 5.47. The number of amides is 1. The number of carbonyl (C=O) groups is 1. The van der Waals surface area contributed by atoms with Crippen molar-refractivity contribution >= 4 is 11.6 Å². The first-order valence-electron chi connectivity index (χ1n) is 12.0. The lowest BCUT2D eigenvalue weighted by Crippen LogP contribution is -2.42. The van der Waals surface area contributed by atoms with Crippen molar-refractivity contribution in [2.45, 2.75) is 57.8 Å². The van der Waals surface area contributed by atoms with Gasteiger partial charge in [0.2, 0.25) is 5.91 Å². The number of nitrogens with zero attached hydrogens (tertiary/aromatic N) is 2. The predicted octanol–water partition coefficient (Wildman–Crippen LogP) is 5.25. The van der Waals surface area contributed by atoms with Crippen molar-refractivity contribution in [1.29, 1.82) is 0 Å². The van der Waals surface area contributed by atoms with Crippen molar-refractivity contribution in [2.75, 3.05) is 31.1 Å². The molecular formula is C26H35N3O. The monoisotopic (exact) mass is 405 g/mol. The summed E-state index contributed by atoms with van der Waals surface area (Å²) < 4.78 is 0. The Labute approximate surface area is 180 Å². The van der Waals surface area contributed by atoms with Crippen molar-refractivity contribution in [3.05, 3.63) is 42.2 Å². The summed E-state index contributed by atoms with van der Waals surface area (Å²) in [6, 6.07) is 9.07. The van der Waals surface area contributed by atoms with Crippen LogP contribution in [0.15, 0.2) is 36.7 Å². The third kappa shape index (κ3) is 4.28. The van der Waals surface area contributed by atoms with Crippen LogP contribution >= 0.6 is 0 Å². The Morgan fingerprint density at radius 3 is 2.53 bits per heavy atom. The van der Waals surface area contributed by atoms with Gasteiger partial charge < -0.3 is 14.8 Å². The molecule has 1 aliphatic carbocycles. The fourth-order valence-corrected chi connectivity index (χ4v) is 5.79. The van der Waals surface area contributed by atoms with E-state index < -0.39 is 0 Å². The number of H-pyrrole nitrogens is 1. The summed E-state index contributed by atoms with van der Waals surface area (Å²) in [7, 11) is 0. The highest BCUT2D eigenvalue weighted by Gasteiger charge is 2.28. The first-order valence-corrected chi connectivity index (χ1v) is 12.0. The number of rotatable bonds is 5. The molecule has 2 aromatic rings. The lowest BCUT2D eigenvalue weighted by atomic mass is 9.86. The van der Waals surface area contributed by atoms with Crippen LogP contribution in [-0.4, -0.2) is 42.0 Å². The number of hydrogen-bond donors (Lipinski definition) is 1. The van der Waals surface area contributed by atoms with Gasteiger partial charge in [-0.2, -0.15) is 0 Å². The molecule has 1 aromatic heterocycles. The third-order valence-corrected chi connectivity index (χ3v) is 7.64. The predicted molar refractivity (Wildman–Crippen MR) is 123 cm³/mol. The summed E-state index contributed by atoms with van der Waals surface area (Å²) >= 11 is 0. The molecule has 30 heavy (non-hydrogen) atoms. The first-order chi connectivity index (χ1) is 14.8. The van der Waals surface area contributed by atoms with E-state index in [1.807, 2.05) is 6.20 Å². The van der Waals surface area contributed by atoms with E-state index in [-0.39, 0.29) is 0 Å². The largest absolute Gasteiger partial charge is 0.371 e. The van der Waals surface area contributed by atoms with Crippen LogP contribution in [0.5, 0.6) is 0 Å². The summed E-state index contributed by atoms with van der Waals surface area (Å²) in [5, 5.41) is 0. The smallest absolute Gasteiger partial charge is 0.222 e. The summed E-state index contributed by atoms with van der Waals surface area (Å²) in [6.45, 7) is 4.20. The molecule has 0 radical (unpaired) electrons. The molecule has 0 atom stereocenters. The molecule has 0 unspecified atom stereocenters. The van der Waals surface area contributed by atoms with Crippen molar-refractivity contribution in [3.63, 3.8) is 0 Å². The van der Waals surface area contributed by atoms with Gasteiger partial charge in [0, 0.05) is 50.7 Å². The van der Waals surface area contributed by atoms with Gasteiger partial charge in [-0.25, -0.2) is 0 Å². The Hall–Kier alpha value is -2.23. The van der Waals surface area contributed by atoms with Gasteiger partial charge in [-0.05, 0) is 78.8 Å². The van der Waals surface area contributed by atoms with Crippen LogP contribution in [0.2, 0.25) is 0 Å². The highest BCUT2D eigenvalue weighted by Crippen LogP contribution is 2.34. The van der Waals surface area contributed by atoms with Gasteiger partial charge in [-0.15, -0.1) is 0 Å². The normalized spacial score (nSPS) is 20.5. The Bertz CT molecular complexity index is 845. The van der Waals surface area contributed by atoms with Crippen LogP contribution in [0.1, 0.15) is 56.9 Å². The zero-order valence-electron chi connectivity index (χ0n) is 18.1. The average molecular weight is 406 g/mol. The molecule has 2 aliphatic heterocycles. The van der Waals surface area contributed by atoms with E-state index in [0.29, 0.717) is 17.7 Å². The molecule has 3 heterocycles. The van der Waals surface area contributed by atoms with Gasteiger partial charge in [0.1, 0.15) is 0 Å². The second kappa shape index (κ2) is 8.87. The SMILES string of the molecule is O=C(CC1CCCCC1)N1CCC(CN2CCc3cc(-c4cc[nH]c4)ccc32)CC1. The van der Waals surface area contributed by atoms with Crippen molar-refractivity contribution in [1.82, 2.24) is 9.88 Å². The van der Waals surface area contributed by atoms with Crippen LogP contribution in [0.4, 0.5) is 5.69 Å². The van der Waals surface area contributed by atoms with Crippen LogP contribution in [0.25, 0.3) is 11.1 Å². The second-order valence-electron chi connectivity index (χ2n) is 9.67. The molecule has 160 valence electrons. The molecule has 5 rings (SSSR count). The second-order valence-corrected chi connectivity index (χ2v) is 9.67. The van der Waals surface area contributed by atoms with E-state index in [9.17, 15) is 4.79 Å². The zero-order valence-corrected chi connectivity index (χ0v) is 18.1. The zero-order chi connectivity index (χ0) is 20.3. The number of aromatic nitrogens is 1. The van der Waals surface area contributed by atoms with E-state index >= 15 is 0 Å². The molecule has 1 saturated carbocycles. The standard InChI is InChI=1S/C26H35N3O/c30-26(16-20-4-2-1-3-5-20)28-13-9-21(10-14-28)19-29-15-11-23-17-22(6-7-25(23)29)24-8-12-27-18-24/h6-8,12,17-18,20-21,27H,1-5,9-11,13-16,19H2. The van der Waals surface area contributed by atoms with Gasteiger partial charge >= 0.3 is 0 Å². The Kier molecular flexibility index (Phi) is 5.83. The van der Waals surface area contributed by atoms with Crippen molar-refractivity contribution in [2.24, 2.45) is 11.8 Å².